The smallest absolute Gasteiger partial charge is 0.257 e. The number of carbonyl (C=O) groups excluding carboxylic acids is 1. The minimum absolute atomic E-state index is 0.0529. The summed E-state index contributed by atoms with van der Waals surface area (Å²) in [5.74, 6) is 2.30. The number of ether oxygens (including phenoxy) is 1. The average Bonchev–Trinajstić information content (AvgIpc) is 3.46. The SMILES string of the molecule is Cc1nc(COc2ccccc2C(=O)N2CCN(c3ncnc4sccc34)CC2)no1. The molecule has 0 radical (unpaired) electrons. The topological polar surface area (TPSA) is 97.5 Å². The molecule has 1 amide bonds. The fourth-order valence-corrected chi connectivity index (χ4v) is 4.36. The van der Waals surface area contributed by atoms with Crippen molar-refractivity contribution < 1.29 is 14.1 Å². The number of carbonyl (C=O) groups is 1. The van der Waals surface area contributed by atoms with E-state index in [2.05, 4.69) is 25.0 Å². The summed E-state index contributed by atoms with van der Waals surface area (Å²) in [5, 5.41) is 6.91. The van der Waals surface area contributed by atoms with Gasteiger partial charge in [0.25, 0.3) is 5.91 Å². The van der Waals surface area contributed by atoms with E-state index in [1.54, 1.807) is 36.7 Å². The highest BCUT2D eigenvalue weighted by molar-refractivity contribution is 7.16. The number of anilines is 1. The van der Waals surface area contributed by atoms with E-state index in [4.69, 9.17) is 9.26 Å². The van der Waals surface area contributed by atoms with Crippen molar-refractivity contribution in [3.8, 4) is 5.75 Å². The van der Waals surface area contributed by atoms with Gasteiger partial charge >= 0.3 is 0 Å². The maximum Gasteiger partial charge on any atom is 0.257 e. The van der Waals surface area contributed by atoms with Crippen LogP contribution in [-0.2, 0) is 6.61 Å². The molecule has 0 bridgehead atoms. The molecule has 0 N–H and O–H groups in total. The molecule has 0 spiro atoms. The lowest BCUT2D eigenvalue weighted by Crippen LogP contribution is -2.49. The van der Waals surface area contributed by atoms with Gasteiger partial charge in [-0.2, -0.15) is 4.98 Å². The van der Waals surface area contributed by atoms with E-state index in [0.717, 1.165) is 16.0 Å². The molecule has 4 aromatic rings. The van der Waals surface area contributed by atoms with Crippen molar-refractivity contribution >= 4 is 33.3 Å². The molecule has 1 fully saturated rings. The van der Waals surface area contributed by atoms with E-state index >= 15 is 0 Å². The van der Waals surface area contributed by atoms with Gasteiger partial charge in [0.2, 0.25) is 11.7 Å². The molecule has 9 nitrogen and oxygen atoms in total. The van der Waals surface area contributed by atoms with Crippen molar-refractivity contribution in [2.45, 2.75) is 13.5 Å². The number of amides is 1. The second-order valence-corrected chi connectivity index (χ2v) is 8.02. The summed E-state index contributed by atoms with van der Waals surface area (Å²) >= 11 is 1.60. The Bertz CT molecular complexity index is 1210. The zero-order chi connectivity index (χ0) is 21.2. The summed E-state index contributed by atoms with van der Waals surface area (Å²) in [7, 11) is 0. The molecule has 1 aromatic carbocycles. The number of thiophene rings is 1. The number of nitrogens with zero attached hydrogens (tertiary/aromatic N) is 6. The van der Waals surface area contributed by atoms with Crippen LogP contribution in [0.1, 0.15) is 22.1 Å². The highest BCUT2D eigenvalue weighted by Crippen LogP contribution is 2.28. The fourth-order valence-electron chi connectivity index (χ4n) is 3.63. The molecule has 10 heteroatoms. The minimum Gasteiger partial charge on any atom is -0.485 e. The Labute approximate surface area is 182 Å². The van der Waals surface area contributed by atoms with Crippen molar-refractivity contribution in [1.29, 1.82) is 0 Å². The van der Waals surface area contributed by atoms with Crippen molar-refractivity contribution in [1.82, 2.24) is 25.0 Å². The molecular weight excluding hydrogens is 416 g/mol. The lowest BCUT2D eigenvalue weighted by molar-refractivity contribution is 0.0741. The Morgan fingerprint density at radius 1 is 1.16 bits per heavy atom. The third-order valence-electron chi connectivity index (χ3n) is 5.15. The lowest BCUT2D eigenvalue weighted by Gasteiger charge is -2.35. The molecule has 1 aliphatic rings. The van der Waals surface area contributed by atoms with E-state index in [0.29, 0.717) is 49.2 Å². The maximum absolute atomic E-state index is 13.2. The molecular formula is C21H20N6O3S. The Morgan fingerprint density at radius 2 is 2.00 bits per heavy atom. The summed E-state index contributed by atoms with van der Waals surface area (Å²) in [6.07, 6.45) is 1.60. The first kappa shape index (κ1) is 19.4. The van der Waals surface area contributed by atoms with Crippen LogP contribution in [0.2, 0.25) is 0 Å². The summed E-state index contributed by atoms with van der Waals surface area (Å²) in [6.45, 7) is 4.48. The van der Waals surface area contributed by atoms with Gasteiger partial charge in [-0.15, -0.1) is 11.3 Å². The number of aromatic nitrogens is 4. The average molecular weight is 436 g/mol. The summed E-state index contributed by atoms with van der Waals surface area (Å²) in [4.78, 5) is 31.2. The molecule has 1 aliphatic heterocycles. The van der Waals surface area contributed by atoms with E-state index in [9.17, 15) is 4.79 Å². The monoisotopic (exact) mass is 436 g/mol. The molecule has 1 saturated heterocycles. The predicted molar refractivity (Wildman–Crippen MR) is 115 cm³/mol. The molecule has 3 aromatic heterocycles. The lowest BCUT2D eigenvalue weighted by atomic mass is 10.1. The van der Waals surface area contributed by atoms with Gasteiger partial charge in [0.1, 0.15) is 22.7 Å². The highest BCUT2D eigenvalue weighted by Gasteiger charge is 2.26. The third-order valence-corrected chi connectivity index (χ3v) is 5.97. The van der Waals surface area contributed by atoms with Gasteiger partial charge in [-0.25, -0.2) is 9.97 Å². The van der Waals surface area contributed by atoms with E-state index in [-0.39, 0.29) is 12.5 Å². The van der Waals surface area contributed by atoms with E-state index < -0.39 is 0 Å². The number of hydrogen-bond donors (Lipinski definition) is 0. The van der Waals surface area contributed by atoms with Crippen LogP contribution >= 0.6 is 11.3 Å². The van der Waals surface area contributed by atoms with Crippen LogP contribution in [0.4, 0.5) is 5.82 Å². The van der Waals surface area contributed by atoms with E-state index in [1.807, 2.05) is 28.5 Å². The molecule has 31 heavy (non-hydrogen) atoms. The second-order valence-electron chi connectivity index (χ2n) is 7.13. The Balaban J connectivity index is 1.27. The van der Waals surface area contributed by atoms with Gasteiger partial charge in [-0.1, -0.05) is 17.3 Å². The predicted octanol–water partition coefficient (Wildman–Crippen LogP) is 2.92. The molecule has 4 heterocycles. The molecule has 0 aliphatic carbocycles. The van der Waals surface area contributed by atoms with Crippen LogP contribution in [0.5, 0.6) is 5.75 Å². The van der Waals surface area contributed by atoms with Gasteiger partial charge in [0.05, 0.1) is 10.9 Å². The number of hydrogen-bond acceptors (Lipinski definition) is 9. The largest absolute Gasteiger partial charge is 0.485 e. The third kappa shape index (κ3) is 3.93. The van der Waals surface area contributed by atoms with Crippen LogP contribution < -0.4 is 9.64 Å². The van der Waals surface area contributed by atoms with Gasteiger partial charge < -0.3 is 19.1 Å². The summed E-state index contributed by atoms with van der Waals surface area (Å²) in [5.41, 5.74) is 0.526. The molecule has 5 rings (SSSR count). The van der Waals surface area contributed by atoms with Gasteiger partial charge in [0.15, 0.2) is 6.61 Å². The van der Waals surface area contributed by atoms with Gasteiger partial charge in [-0.3, -0.25) is 4.79 Å². The van der Waals surface area contributed by atoms with Gasteiger partial charge in [0, 0.05) is 33.1 Å². The van der Waals surface area contributed by atoms with Crippen LogP contribution in [0.3, 0.4) is 0 Å². The summed E-state index contributed by atoms with van der Waals surface area (Å²) in [6, 6.07) is 9.29. The standard InChI is InChI=1S/C21H20N6O3S/c1-14-24-18(25-30-14)12-29-17-5-3-2-4-15(17)21(28)27-9-7-26(8-10-27)19-16-6-11-31-20(16)23-13-22-19/h2-6,11,13H,7-10,12H2,1H3. The van der Waals surface area contributed by atoms with Crippen molar-refractivity contribution in [2.24, 2.45) is 0 Å². The van der Waals surface area contributed by atoms with Crippen LogP contribution in [0.15, 0.2) is 46.6 Å². The Hall–Kier alpha value is -3.53. The number of piperazine rings is 1. The van der Waals surface area contributed by atoms with Gasteiger partial charge in [-0.05, 0) is 23.6 Å². The number of fused-ring (bicyclic) bond motifs is 1. The van der Waals surface area contributed by atoms with Crippen LogP contribution in [-0.4, -0.2) is 57.1 Å². The molecule has 0 saturated carbocycles. The first-order valence-electron chi connectivity index (χ1n) is 9.92. The van der Waals surface area contributed by atoms with Crippen molar-refractivity contribution in [2.75, 3.05) is 31.1 Å². The van der Waals surface area contributed by atoms with Crippen molar-refractivity contribution in [3.05, 3.63) is 59.3 Å². The minimum atomic E-state index is -0.0529. The summed E-state index contributed by atoms with van der Waals surface area (Å²) < 4.78 is 10.8. The highest BCUT2D eigenvalue weighted by atomic mass is 32.1. The first-order valence-corrected chi connectivity index (χ1v) is 10.8. The van der Waals surface area contributed by atoms with E-state index in [1.165, 1.54) is 0 Å². The molecule has 0 atom stereocenters. The molecule has 158 valence electrons. The number of aryl methyl sites for hydroxylation is 1. The van der Waals surface area contributed by atoms with Crippen LogP contribution in [0, 0.1) is 6.92 Å². The zero-order valence-electron chi connectivity index (χ0n) is 16.9. The number of benzene rings is 1. The Kier molecular flexibility index (Phi) is 5.21. The zero-order valence-corrected chi connectivity index (χ0v) is 17.7. The van der Waals surface area contributed by atoms with Crippen molar-refractivity contribution in [3.63, 3.8) is 0 Å². The molecule has 0 unspecified atom stereocenters. The number of rotatable bonds is 5. The van der Waals surface area contributed by atoms with Crippen LogP contribution in [0.25, 0.3) is 10.2 Å². The maximum atomic E-state index is 13.2. The Morgan fingerprint density at radius 3 is 2.81 bits per heavy atom. The number of para-hydroxylation sites is 1. The first-order chi connectivity index (χ1) is 15.2. The quantitative estimate of drug-likeness (QED) is 0.471. The fraction of sp³-hybridized carbons (Fsp3) is 0.286. The second kappa shape index (κ2) is 8.31. The normalized spacial score (nSPS) is 14.2.